The summed E-state index contributed by atoms with van der Waals surface area (Å²) < 4.78 is 0. The number of hydrogen-bond donors (Lipinski definition) is 2. The lowest BCUT2D eigenvalue weighted by molar-refractivity contribution is -0.132. The van der Waals surface area contributed by atoms with E-state index in [4.69, 9.17) is 5.84 Å². The Morgan fingerprint density at radius 1 is 1.64 bits per heavy atom. The van der Waals surface area contributed by atoms with Gasteiger partial charge in [0.2, 0.25) is 0 Å². The highest BCUT2D eigenvalue weighted by atomic mass is 16.2. The number of likely N-dealkylation sites (N-methyl/N-ethyl adjacent to an activating group) is 1. The molecule has 1 rings (SSSR count). The smallest absolute Gasteiger partial charge is 0.253 e. The molecule has 4 nitrogen and oxygen atoms in total. The molecule has 0 aromatic carbocycles. The van der Waals surface area contributed by atoms with Gasteiger partial charge in [0.1, 0.15) is 0 Å². The third kappa shape index (κ3) is 2.17. The van der Waals surface area contributed by atoms with Crippen molar-refractivity contribution >= 4 is 5.91 Å². The van der Waals surface area contributed by atoms with E-state index in [1.807, 2.05) is 0 Å². The Morgan fingerprint density at radius 2 is 2.36 bits per heavy atom. The highest BCUT2D eigenvalue weighted by Gasteiger charge is 2.21. The SMILES string of the molecule is CN(N)C(=O)C1CCCCN1. The molecule has 0 aromatic rings. The van der Waals surface area contributed by atoms with Gasteiger partial charge in [-0.15, -0.1) is 0 Å². The zero-order valence-electron chi connectivity index (χ0n) is 6.84. The molecule has 1 aliphatic rings. The summed E-state index contributed by atoms with van der Waals surface area (Å²) in [6.07, 6.45) is 3.20. The van der Waals surface area contributed by atoms with Crippen LogP contribution in [-0.2, 0) is 4.79 Å². The molecule has 0 bridgehead atoms. The molecule has 0 spiro atoms. The molecule has 1 fully saturated rings. The molecular formula is C7H15N3O. The first-order valence-electron chi connectivity index (χ1n) is 3.97. The van der Waals surface area contributed by atoms with E-state index in [9.17, 15) is 4.79 Å². The summed E-state index contributed by atoms with van der Waals surface area (Å²) in [6, 6.07) is -0.0428. The summed E-state index contributed by atoms with van der Waals surface area (Å²) in [5.74, 6) is 5.30. The van der Waals surface area contributed by atoms with Crippen LogP contribution in [0.4, 0.5) is 0 Å². The molecule has 1 unspecified atom stereocenters. The number of amides is 1. The first-order chi connectivity index (χ1) is 5.22. The molecule has 11 heavy (non-hydrogen) atoms. The third-order valence-electron chi connectivity index (χ3n) is 1.96. The van der Waals surface area contributed by atoms with E-state index >= 15 is 0 Å². The number of nitrogens with zero attached hydrogens (tertiary/aromatic N) is 1. The molecule has 1 atom stereocenters. The predicted molar refractivity (Wildman–Crippen MR) is 42.6 cm³/mol. The second kappa shape index (κ2) is 3.69. The molecular weight excluding hydrogens is 142 g/mol. The van der Waals surface area contributed by atoms with Gasteiger partial charge in [-0.25, -0.2) is 5.84 Å². The first kappa shape index (κ1) is 8.49. The average Bonchev–Trinajstić information content (AvgIpc) is 2.05. The van der Waals surface area contributed by atoms with Gasteiger partial charge < -0.3 is 5.32 Å². The van der Waals surface area contributed by atoms with Crippen LogP contribution in [0.15, 0.2) is 0 Å². The van der Waals surface area contributed by atoms with Crippen LogP contribution in [-0.4, -0.2) is 30.6 Å². The maximum atomic E-state index is 11.2. The van der Waals surface area contributed by atoms with Gasteiger partial charge in [-0.05, 0) is 19.4 Å². The average molecular weight is 157 g/mol. The van der Waals surface area contributed by atoms with Crippen LogP contribution < -0.4 is 11.2 Å². The van der Waals surface area contributed by atoms with Crippen molar-refractivity contribution < 1.29 is 4.79 Å². The summed E-state index contributed by atoms with van der Waals surface area (Å²) in [7, 11) is 1.58. The monoisotopic (exact) mass is 157 g/mol. The molecule has 64 valence electrons. The summed E-state index contributed by atoms with van der Waals surface area (Å²) in [5.41, 5.74) is 0. The van der Waals surface area contributed by atoms with Crippen LogP contribution in [0, 0.1) is 0 Å². The van der Waals surface area contributed by atoms with Crippen molar-refractivity contribution in [2.75, 3.05) is 13.6 Å². The van der Waals surface area contributed by atoms with Gasteiger partial charge in [0.15, 0.2) is 0 Å². The molecule has 4 heteroatoms. The minimum Gasteiger partial charge on any atom is -0.306 e. The van der Waals surface area contributed by atoms with E-state index in [0.29, 0.717) is 0 Å². The van der Waals surface area contributed by atoms with Gasteiger partial charge in [-0.2, -0.15) is 0 Å². The Balaban J connectivity index is 2.39. The van der Waals surface area contributed by atoms with Crippen molar-refractivity contribution in [3.63, 3.8) is 0 Å². The number of hydrazine groups is 1. The second-order valence-electron chi connectivity index (χ2n) is 2.95. The molecule has 0 saturated carbocycles. The number of rotatable bonds is 1. The van der Waals surface area contributed by atoms with Crippen LogP contribution in [0.2, 0.25) is 0 Å². The quantitative estimate of drug-likeness (QED) is 0.305. The Morgan fingerprint density at radius 3 is 2.82 bits per heavy atom. The van der Waals surface area contributed by atoms with E-state index in [-0.39, 0.29) is 11.9 Å². The largest absolute Gasteiger partial charge is 0.306 e. The number of hydrogen-bond acceptors (Lipinski definition) is 3. The van der Waals surface area contributed by atoms with Crippen molar-refractivity contribution in [3.05, 3.63) is 0 Å². The zero-order chi connectivity index (χ0) is 8.27. The zero-order valence-corrected chi connectivity index (χ0v) is 6.84. The molecule has 0 aliphatic carbocycles. The summed E-state index contributed by atoms with van der Waals surface area (Å²) >= 11 is 0. The van der Waals surface area contributed by atoms with Crippen LogP contribution in [0.5, 0.6) is 0 Å². The second-order valence-corrected chi connectivity index (χ2v) is 2.95. The van der Waals surface area contributed by atoms with Crippen molar-refractivity contribution in [1.82, 2.24) is 10.3 Å². The first-order valence-corrected chi connectivity index (χ1v) is 3.97. The Kier molecular flexibility index (Phi) is 2.84. The highest BCUT2D eigenvalue weighted by Crippen LogP contribution is 2.07. The lowest BCUT2D eigenvalue weighted by Gasteiger charge is -2.24. The third-order valence-corrected chi connectivity index (χ3v) is 1.96. The standard InChI is InChI=1S/C7H15N3O/c1-10(8)7(11)6-4-2-3-5-9-6/h6,9H,2-5,8H2,1H3. The van der Waals surface area contributed by atoms with Crippen molar-refractivity contribution in [2.24, 2.45) is 5.84 Å². The van der Waals surface area contributed by atoms with Crippen LogP contribution in [0.3, 0.4) is 0 Å². The maximum absolute atomic E-state index is 11.2. The summed E-state index contributed by atoms with van der Waals surface area (Å²) in [5, 5.41) is 4.28. The van der Waals surface area contributed by atoms with E-state index in [0.717, 1.165) is 30.8 Å². The minimum atomic E-state index is -0.0428. The van der Waals surface area contributed by atoms with E-state index < -0.39 is 0 Å². The Hall–Kier alpha value is -0.610. The molecule has 3 N–H and O–H groups in total. The number of piperidine rings is 1. The lowest BCUT2D eigenvalue weighted by Crippen LogP contribution is -2.49. The number of nitrogens with two attached hydrogens (primary N) is 1. The number of carbonyl (C=O) groups excluding carboxylic acids is 1. The van der Waals surface area contributed by atoms with Crippen LogP contribution in [0.25, 0.3) is 0 Å². The van der Waals surface area contributed by atoms with Crippen molar-refractivity contribution in [3.8, 4) is 0 Å². The topological polar surface area (TPSA) is 58.4 Å². The normalized spacial score (nSPS) is 24.7. The highest BCUT2D eigenvalue weighted by molar-refractivity contribution is 5.81. The van der Waals surface area contributed by atoms with Gasteiger partial charge in [-0.1, -0.05) is 6.42 Å². The summed E-state index contributed by atoms with van der Waals surface area (Å²) in [6.45, 7) is 0.935. The molecule has 1 heterocycles. The van der Waals surface area contributed by atoms with Gasteiger partial charge in [0.25, 0.3) is 5.91 Å². The maximum Gasteiger partial charge on any atom is 0.253 e. The Bertz CT molecular complexity index is 141. The molecule has 0 radical (unpaired) electrons. The fourth-order valence-electron chi connectivity index (χ4n) is 1.31. The number of carbonyl (C=O) groups is 1. The predicted octanol–water partition coefficient (Wildman–Crippen LogP) is -0.539. The minimum absolute atomic E-state index is 0.00954. The van der Waals surface area contributed by atoms with Crippen LogP contribution >= 0.6 is 0 Å². The summed E-state index contributed by atoms with van der Waals surface area (Å²) in [4.78, 5) is 11.2. The van der Waals surface area contributed by atoms with Gasteiger partial charge in [0, 0.05) is 7.05 Å². The number of nitrogens with one attached hydrogen (secondary N) is 1. The van der Waals surface area contributed by atoms with Crippen molar-refractivity contribution in [2.45, 2.75) is 25.3 Å². The fraction of sp³-hybridized carbons (Fsp3) is 0.857. The van der Waals surface area contributed by atoms with Gasteiger partial charge in [0.05, 0.1) is 6.04 Å². The molecule has 0 aromatic heterocycles. The molecule has 1 aliphatic heterocycles. The Labute approximate surface area is 66.7 Å². The van der Waals surface area contributed by atoms with E-state index in [2.05, 4.69) is 5.32 Å². The van der Waals surface area contributed by atoms with E-state index in [1.54, 1.807) is 7.05 Å². The lowest BCUT2D eigenvalue weighted by atomic mass is 10.0. The van der Waals surface area contributed by atoms with Crippen molar-refractivity contribution in [1.29, 1.82) is 0 Å². The van der Waals surface area contributed by atoms with Crippen LogP contribution in [0.1, 0.15) is 19.3 Å². The van der Waals surface area contributed by atoms with E-state index in [1.165, 1.54) is 0 Å². The fourth-order valence-corrected chi connectivity index (χ4v) is 1.31. The van der Waals surface area contributed by atoms with Gasteiger partial charge >= 0.3 is 0 Å². The molecule has 1 amide bonds. The van der Waals surface area contributed by atoms with Gasteiger partial charge in [-0.3, -0.25) is 9.80 Å². The molecule has 1 saturated heterocycles.